The number of hydrogen-bond acceptors (Lipinski definition) is 5. The Morgan fingerprint density at radius 1 is 1.00 bits per heavy atom. The molecule has 0 saturated heterocycles. The lowest BCUT2D eigenvalue weighted by Crippen LogP contribution is -2.09. The first-order chi connectivity index (χ1) is 13.2. The van der Waals surface area contributed by atoms with E-state index in [2.05, 4.69) is 5.16 Å². The SMILES string of the molecule is COc1ccccc1C(=O)Oc1ccc2c(Cc3ccccc3)noc2c1. The molecule has 1 aromatic heterocycles. The van der Waals surface area contributed by atoms with Crippen molar-refractivity contribution in [2.24, 2.45) is 0 Å². The van der Waals surface area contributed by atoms with Crippen molar-refractivity contribution < 1.29 is 18.8 Å². The number of nitrogens with zero attached hydrogens (tertiary/aromatic N) is 1. The molecular weight excluding hydrogens is 342 g/mol. The number of fused-ring (bicyclic) bond motifs is 1. The van der Waals surface area contributed by atoms with Crippen LogP contribution >= 0.6 is 0 Å². The number of rotatable bonds is 5. The zero-order valence-corrected chi connectivity index (χ0v) is 14.7. The van der Waals surface area contributed by atoms with Gasteiger partial charge < -0.3 is 14.0 Å². The minimum absolute atomic E-state index is 0.363. The number of benzene rings is 3. The molecule has 0 amide bonds. The molecule has 0 radical (unpaired) electrons. The van der Waals surface area contributed by atoms with E-state index in [1.54, 1.807) is 36.4 Å². The average molecular weight is 359 g/mol. The van der Waals surface area contributed by atoms with Crippen LogP contribution in [0.3, 0.4) is 0 Å². The van der Waals surface area contributed by atoms with Gasteiger partial charge in [-0.15, -0.1) is 0 Å². The maximum Gasteiger partial charge on any atom is 0.347 e. The first kappa shape index (κ1) is 16.8. The van der Waals surface area contributed by atoms with Gasteiger partial charge in [0.05, 0.1) is 12.8 Å². The zero-order valence-electron chi connectivity index (χ0n) is 14.7. The summed E-state index contributed by atoms with van der Waals surface area (Å²) in [4.78, 5) is 12.4. The maximum absolute atomic E-state index is 12.4. The molecule has 0 spiro atoms. The number of para-hydroxylation sites is 1. The van der Waals surface area contributed by atoms with Gasteiger partial charge in [0.2, 0.25) is 0 Å². The Hall–Kier alpha value is -3.60. The highest BCUT2D eigenvalue weighted by Gasteiger charge is 2.16. The van der Waals surface area contributed by atoms with Crippen LogP contribution in [0.2, 0.25) is 0 Å². The van der Waals surface area contributed by atoms with Gasteiger partial charge in [0.1, 0.15) is 17.1 Å². The number of carbonyl (C=O) groups is 1. The number of aromatic nitrogens is 1. The van der Waals surface area contributed by atoms with Gasteiger partial charge in [-0.25, -0.2) is 4.79 Å². The van der Waals surface area contributed by atoms with E-state index >= 15 is 0 Å². The fraction of sp³-hybridized carbons (Fsp3) is 0.0909. The van der Waals surface area contributed by atoms with Crippen LogP contribution in [0.15, 0.2) is 77.3 Å². The molecule has 3 aromatic carbocycles. The highest BCUT2D eigenvalue weighted by atomic mass is 16.5. The van der Waals surface area contributed by atoms with E-state index in [1.165, 1.54) is 7.11 Å². The van der Waals surface area contributed by atoms with Crippen molar-refractivity contribution >= 4 is 16.9 Å². The van der Waals surface area contributed by atoms with E-state index in [9.17, 15) is 4.79 Å². The summed E-state index contributed by atoms with van der Waals surface area (Å²) in [6.45, 7) is 0. The zero-order chi connectivity index (χ0) is 18.6. The second kappa shape index (κ2) is 7.33. The van der Waals surface area contributed by atoms with Gasteiger partial charge in [-0.2, -0.15) is 0 Å². The van der Waals surface area contributed by atoms with Crippen LogP contribution in [0, 0.1) is 0 Å². The van der Waals surface area contributed by atoms with Gasteiger partial charge in [-0.3, -0.25) is 0 Å². The Morgan fingerprint density at radius 2 is 1.78 bits per heavy atom. The normalized spacial score (nSPS) is 10.7. The molecule has 0 atom stereocenters. The van der Waals surface area contributed by atoms with Gasteiger partial charge in [-0.1, -0.05) is 47.6 Å². The third-order valence-electron chi connectivity index (χ3n) is 4.27. The number of carbonyl (C=O) groups excluding carboxylic acids is 1. The summed E-state index contributed by atoms with van der Waals surface area (Å²) in [5.74, 6) is 0.366. The molecule has 0 aliphatic carbocycles. The Morgan fingerprint density at radius 3 is 2.59 bits per heavy atom. The van der Waals surface area contributed by atoms with E-state index < -0.39 is 5.97 Å². The summed E-state index contributed by atoms with van der Waals surface area (Å²) < 4.78 is 16.1. The van der Waals surface area contributed by atoms with Crippen LogP contribution < -0.4 is 9.47 Å². The molecule has 0 bridgehead atoms. The van der Waals surface area contributed by atoms with Crippen molar-refractivity contribution in [2.45, 2.75) is 6.42 Å². The smallest absolute Gasteiger partial charge is 0.347 e. The summed E-state index contributed by atoms with van der Waals surface area (Å²) in [6, 6.07) is 22.2. The first-order valence-corrected chi connectivity index (χ1v) is 8.52. The molecule has 0 unspecified atom stereocenters. The van der Waals surface area contributed by atoms with Gasteiger partial charge in [0.25, 0.3) is 0 Å². The molecule has 1 heterocycles. The van der Waals surface area contributed by atoms with Crippen molar-refractivity contribution in [2.75, 3.05) is 7.11 Å². The predicted molar refractivity (Wildman–Crippen MR) is 101 cm³/mol. The lowest BCUT2D eigenvalue weighted by atomic mass is 10.1. The topological polar surface area (TPSA) is 61.6 Å². The van der Waals surface area contributed by atoms with Crippen LogP contribution in [0.25, 0.3) is 11.0 Å². The van der Waals surface area contributed by atoms with Crippen LogP contribution in [0.4, 0.5) is 0 Å². The van der Waals surface area contributed by atoms with E-state index in [1.807, 2.05) is 36.4 Å². The van der Waals surface area contributed by atoms with Gasteiger partial charge in [0.15, 0.2) is 5.58 Å². The van der Waals surface area contributed by atoms with E-state index in [0.717, 1.165) is 16.6 Å². The number of hydrogen-bond donors (Lipinski definition) is 0. The summed E-state index contributed by atoms with van der Waals surface area (Å²) in [7, 11) is 1.51. The Labute approximate surface area is 156 Å². The highest BCUT2D eigenvalue weighted by Crippen LogP contribution is 2.27. The van der Waals surface area contributed by atoms with Crippen molar-refractivity contribution in [3.63, 3.8) is 0 Å². The predicted octanol–water partition coefficient (Wildman–Crippen LogP) is 4.65. The lowest BCUT2D eigenvalue weighted by molar-refractivity contribution is 0.0731. The molecule has 27 heavy (non-hydrogen) atoms. The van der Waals surface area contributed by atoms with E-state index in [-0.39, 0.29) is 0 Å². The summed E-state index contributed by atoms with van der Waals surface area (Å²) in [5, 5.41) is 5.06. The maximum atomic E-state index is 12.4. The van der Waals surface area contributed by atoms with E-state index in [0.29, 0.717) is 29.1 Å². The minimum atomic E-state index is -0.490. The summed E-state index contributed by atoms with van der Waals surface area (Å²) in [6.07, 6.45) is 0.675. The third-order valence-corrected chi connectivity index (χ3v) is 4.27. The van der Waals surface area contributed by atoms with Crippen LogP contribution in [0.1, 0.15) is 21.6 Å². The van der Waals surface area contributed by atoms with E-state index in [4.69, 9.17) is 14.0 Å². The Balaban J connectivity index is 1.56. The van der Waals surface area contributed by atoms with Gasteiger partial charge in [-0.05, 0) is 29.8 Å². The van der Waals surface area contributed by atoms with Crippen molar-refractivity contribution in [1.82, 2.24) is 5.16 Å². The minimum Gasteiger partial charge on any atom is -0.496 e. The Kier molecular flexibility index (Phi) is 4.58. The second-order valence-corrected chi connectivity index (χ2v) is 6.04. The second-order valence-electron chi connectivity index (χ2n) is 6.04. The molecule has 0 aliphatic rings. The first-order valence-electron chi connectivity index (χ1n) is 8.52. The molecule has 0 aliphatic heterocycles. The fourth-order valence-corrected chi connectivity index (χ4v) is 2.93. The number of methoxy groups -OCH3 is 1. The molecule has 134 valence electrons. The monoisotopic (exact) mass is 359 g/mol. The number of ether oxygens (including phenoxy) is 2. The van der Waals surface area contributed by atoms with Crippen LogP contribution in [0.5, 0.6) is 11.5 Å². The standard InChI is InChI=1S/C22H17NO4/c1-25-20-10-6-5-9-18(20)22(24)26-16-11-12-17-19(23-27-21(17)14-16)13-15-7-3-2-4-8-15/h2-12,14H,13H2,1H3. The van der Waals surface area contributed by atoms with Gasteiger partial charge >= 0.3 is 5.97 Å². The molecule has 0 N–H and O–H groups in total. The van der Waals surface area contributed by atoms with Crippen LogP contribution in [-0.2, 0) is 6.42 Å². The molecule has 5 nitrogen and oxygen atoms in total. The molecule has 5 heteroatoms. The van der Waals surface area contributed by atoms with Crippen molar-refractivity contribution in [3.8, 4) is 11.5 Å². The third kappa shape index (κ3) is 3.53. The summed E-state index contributed by atoms with van der Waals surface area (Å²) in [5.41, 5.74) is 2.94. The molecule has 4 aromatic rings. The average Bonchev–Trinajstić information content (AvgIpc) is 3.10. The molecule has 4 rings (SSSR count). The quantitative estimate of drug-likeness (QED) is 0.383. The van der Waals surface area contributed by atoms with Crippen molar-refractivity contribution in [1.29, 1.82) is 0 Å². The fourth-order valence-electron chi connectivity index (χ4n) is 2.93. The lowest BCUT2D eigenvalue weighted by Gasteiger charge is -2.08. The molecule has 0 fully saturated rings. The number of esters is 1. The Bertz CT molecular complexity index is 1090. The summed E-state index contributed by atoms with van der Waals surface area (Å²) >= 11 is 0. The largest absolute Gasteiger partial charge is 0.496 e. The highest BCUT2D eigenvalue weighted by molar-refractivity contribution is 5.94. The van der Waals surface area contributed by atoms with Crippen LogP contribution in [-0.4, -0.2) is 18.2 Å². The van der Waals surface area contributed by atoms with Crippen molar-refractivity contribution in [3.05, 3.63) is 89.6 Å². The van der Waals surface area contributed by atoms with Gasteiger partial charge in [0, 0.05) is 17.9 Å². The molecule has 0 saturated carbocycles. The molecular formula is C22H17NO4.